The summed E-state index contributed by atoms with van der Waals surface area (Å²) in [5.41, 5.74) is 0.285. The van der Waals surface area contributed by atoms with E-state index in [-0.39, 0.29) is 17.5 Å². The summed E-state index contributed by atoms with van der Waals surface area (Å²) in [6, 6.07) is 7.60. The normalized spacial score (nSPS) is 24.3. The molecule has 1 heterocycles. The van der Waals surface area contributed by atoms with Gasteiger partial charge in [0.25, 0.3) is 11.5 Å². The number of carbonyl (C=O) groups excluding carboxylic acids is 1. The molecule has 0 unspecified atom stereocenters. The number of unbranched alkanes of at least 4 members (excludes halogenated alkanes) is 2. The molecule has 2 saturated carbocycles. The van der Waals surface area contributed by atoms with Crippen molar-refractivity contribution in [3.63, 3.8) is 0 Å². The minimum Gasteiger partial charge on any atom is -0.348 e. The Labute approximate surface area is 153 Å². The van der Waals surface area contributed by atoms with Crippen LogP contribution in [-0.4, -0.2) is 21.7 Å². The van der Waals surface area contributed by atoms with Crippen molar-refractivity contribution in [1.29, 1.82) is 0 Å². The van der Waals surface area contributed by atoms with E-state index in [4.69, 9.17) is 0 Å². The molecule has 1 aromatic heterocycles. The van der Waals surface area contributed by atoms with Gasteiger partial charge in [0.1, 0.15) is 0 Å². The van der Waals surface area contributed by atoms with E-state index in [0.717, 1.165) is 31.6 Å². The van der Waals surface area contributed by atoms with Crippen LogP contribution in [0.2, 0.25) is 0 Å². The summed E-state index contributed by atoms with van der Waals surface area (Å²) < 4.78 is 1.48. The van der Waals surface area contributed by atoms with E-state index in [9.17, 15) is 9.59 Å². The number of rotatable bonds is 6. The first-order valence-corrected chi connectivity index (χ1v) is 9.99. The third kappa shape index (κ3) is 3.27. The SMILES string of the molecule is CCCCCn1nc(C(=O)N[C@H]2CCC[C@H]3C[C@H]32)c2ccccc2c1=O. The van der Waals surface area contributed by atoms with Crippen LogP contribution in [0, 0.1) is 11.8 Å². The van der Waals surface area contributed by atoms with E-state index >= 15 is 0 Å². The van der Waals surface area contributed by atoms with E-state index in [2.05, 4.69) is 17.3 Å². The van der Waals surface area contributed by atoms with Crippen LogP contribution in [-0.2, 0) is 6.54 Å². The van der Waals surface area contributed by atoms with Crippen LogP contribution in [0.1, 0.15) is 62.4 Å². The molecule has 3 atom stereocenters. The van der Waals surface area contributed by atoms with Crippen LogP contribution in [0.25, 0.3) is 10.8 Å². The molecule has 0 bridgehead atoms. The lowest BCUT2D eigenvalue weighted by Crippen LogP contribution is -2.39. The van der Waals surface area contributed by atoms with Crippen molar-refractivity contribution < 1.29 is 4.79 Å². The molecule has 0 radical (unpaired) electrons. The maximum atomic E-state index is 13.0. The summed E-state index contributed by atoms with van der Waals surface area (Å²) >= 11 is 0. The number of hydrogen-bond acceptors (Lipinski definition) is 3. The molecule has 2 aliphatic carbocycles. The standard InChI is InChI=1S/C21H27N3O2/c1-2-3-6-12-24-21(26)16-10-5-4-9-15(16)19(23-24)20(25)22-18-11-7-8-14-13-17(14)18/h4-5,9-10,14,17-18H,2-3,6-8,11-13H2,1H3,(H,22,25)/t14-,17+,18-/m0/s1. The zero-order chi connectivity index (χ0) is 18.1. The Morgan fingerprint density at radius 2 is 2.04 bits per heavy atom. The summed E-state index contributed by atoms with van der Waals surface area (Å²) in [6.07, 6.45) is 7.83. The number of hydrogen-bond donors (Lipinski definition) is 1. The Hall–Kier alpha value is -2.17. The average molecular weight is 353 g/mol. The molecular formula is C21H27N3O2. The fourth-order valence-corrected chi connectivity index (χ4v) is 4.39. The predicted octanol–water partition coefficient (Wildman–Crippen LogP) is 3.51. The topological polar surface area (TPSA) is 64.0 Å². The van der Waals surface area contributed by atoms with Crippen molar-refractivity contribution in [1.82, 2.24) is 15.1 Å². The van der Waals surface area contributed by atoms with Crippen molar-refractivity contribution in [2.45, 2.75) is 64.5 Å². The second-order valence-corrected chi connectivity index (χ2v) is 7.80. The highest BCUT2D eigenvalue weighted by Crippen LogP contribution is 2.49. The minimum absolute atomic E-state index is 0.104. The number of nitrogens with zero attached hydrogens (tertiary/aromatic N) is 2. The first kappa shape index (κ1) is 17.3. The summed E-state index contributed by atoms with van der Waals surface area (Å²) in [6.45, 7) is 2.69. The highest BCUT2D eigenvalue weighted by molar-refractivity contribution is 6.04. The molecule has 0 spiro atoms. The zero-order valence-electron chi connectivity index (χ0n) is 15.4. The molecule has 5 heteroatoms. The molecule has 1 N–H and O–H groups in total. The van der Waals surface area contributed by atoms with Crippen LogP contribution >= 0.6 is 0 Å². The molecule has 2 aromatic rings. The molecule has 2 aliphatic rings. The van der Waals surface area contributed by atoms with Gasteiger partial charge in [-0.1, -0.05) is 50.8 Å². The Kier molecular flexibility index (Phi) is 4.79. The van der Waals surface area contributed by atoms with Gasteiger partial charge in [-0.3, -0.25) is 9.59 Å². The molecule has 1 aromatic carbocycles. The third-order valence-electron chi connectivity index (χ3n) is 5.96. The summed E-state index contributed by atoms with van der Waals surface area (Å²) in [5.74, 6) is 1.32. The monoisotopic (exact) mass is 353 g/mol. The van der Waals surface area contributed by atoms with E-state index in [1.165, 1.54) is 23.9 Å². The first-order chi connectivity index (χ1) is 12.7. The second kappa shape index (κ2) is 7.22. The van der Waals surface area contributed by atoms with Gasteiger partial charge in [0.2, 0.25) is 0 Å². The third-order valence-corrected chi connectivity index (χ3v) is 5.96. The smallest absolute Gasteiger partial charge is 0.274 e. The number of carbonyl (C=O) groups is 1. The summed E-state index contributed by atoms with van der Waals surface area (Å²) in [7, 11) is 0. The van der Waals surface area contributed by atoms with Gasteiger partial charge in [-0.25, -0.2) is 4.68 Å². The summed E-state index contributed by atoms with van der Waals surface area (Å²) in [5, 5.41) is 8.92. The van der Waals surface area contributed by atoms with Crippen molar-refractivity contribution in [2.24, 2.45) is 11.8 Å². The predicted molar refractivity (Wildman–Crippen MR) is 102 cm³/mol. The van der Waals surface area contributed by atoms with Gasteiger partial charge in [-0.15, -0.1) is 0 Å². The first-order valence-electron chi connectivity index (χ1n) is 9.99. The molecule has 2 fully saturated rings. The molecule has 1 amide bonds. The van der Waals surface area contributed by atoms with Crippen molar-refractivity contribution in [3.8, 4) is 0 Å². The van der Waals surface area contributed by atoms with Gasteiger partial charge in [0.05, 0.1) is 5.39 Å². The lowest BCUT2D eigenvalue weighted by molar-refractivity contribution is 0.0918. The molecule has 26 heavy (non-hydrogen) atoms. The van der Waals surface area contributed by atoms with E-state index in [1.54, 1.807) is 6.07 Å². The van der Waals surface area contributed by atoms with Gasteiger partial charge in [-0.05, 0) is 37.2 Å². The number of aryl methyl sites for hydroxylation is 1. The van der Waals surface area contributed by atoms with Crippen LogP contribution in [0.15, 0.2) is 29.1 Å². The zero-order valence-corrected chi connectivity index (χ0v) is 15.4. The number of fused-ring (bicyclic) bond motifs is 2. The van der Waals surface area contributed by atoms with Gasteiger partial charge in [0.15, 0.2) is 5.69 Å². The fraction of sp³-hybridized carbons (Fsp3) is 0.571. The molecule has 138 valence electrons. The number of amides is 1. The summed E-state index contributed by atoms with van der Waals surface area (Å²) in [4.78, 5) is 25.7. The molecule has 4 rings (SSSR count). The van der Waals surface area contributed by atoms with E-state index in [0.29, 0.717) is 28.9 Å². The number of benzene rings is 1. The Balaban J connectivity index is 1.65. The Morgan fingerprint density at radius 1 is 1.23 bits per heavy atom. The molecule has 5 nitrogen and oxygen atoms in total. The minimum atomic E-state index is -0.136. The second-order valence-electron chi connectivity index (χ2n) is 7.80. The fourth-order valence-electron chi connectivity index (χ4n) is 4.39. The quantitative estimate of drug-likeness (QED) is 0.808. The molecule has 0 saturated heterocycles. The van der Waals surface area contributed by atoms with Crippen molar-refractivity contribution >= 4 is 16.7 Å². The highest BCUT2D eigenvalue weighted by Gasteiger charge is 2.45. The van der Waals surface area contributed by atoms with Crippen LogP contribution in [0.5, 0.6) is 0 Å². The lowest BCUT2D eigenvalue weighted by atomic mass is 9.95. The van der Waals surface area contributed by atoms with Crippen molar-refractivity contribution in [3.05, 3.63) is 40.3 Å². The van der Waals surface area contributed by atoms with Crippen LogP contribution in [0.3, 0.4) is 0 Å². The highest BCUT2D eigenvalue weighted by atomic mass is 16.2. The lowest BCUT2D eigenvalue weighted by Gasteiger charge is -2.22. The van der Waals surface area contributed by atoms with E-state index in [1.807, 2.05) is 18.2 Å². The average Bonchev–Trinajstić information content (AvgIpc) is 3.44. The maximum absolute atomic E-state index is 13.0. The molecular weight excluding hydrogens is 326 g/mol. The Bertz CT molecular complexity index is 873. The maximum Gasteiger partial charge on any atom is 0.274 e. The Morgan fingerprint density at radius 3 is 2.85 bits per heavy atom. The van der Waals surface area contributed by atoms with Gasteiger partial charge in [0, 0.05) is 18.0 Å². The molecule has 0 aliphatic heterocycles. The van der Waals surface area contributed by atoms with Crippen LogP contribution in [0.4, 0.5) is 0 Å². The van der Waals surface area contributed by atoms with E-state index < -0.39 is 0 Å². The number of nitrogens with one attached hydrogen (secondary N) is 1. The number of aromatic nitrogens is 2. The van der Waals surface area contributed by atoms with Crippen molar-refractivity contribution in [2.75, 3.05) is 0 Å². The van der Waals surface area contributed by atoms with Gasteiger partial charge >= 0.3 is 0 Å². The van der Waals surface area contributed by atoms with Gasteiger partial charge in [-0.2, -0.15) is 5.10 Å². The van der Waals surface area contributed by atoms with Gasteiger partial charge < -0.3 is 5.32 Å². The van der Waals surface area contributed by atoms with Crippen LogP contribution < -0.4 is 10.9 Å². The largest absolute Gasteiger partial charge is 0.348 e.